The smallest absolute Gasteiger partial charge is 0.238 e. The lowest BCUT2D eigenvalue weighted by Crippen LogP contribution is -2.59. The van der Waals surface area contributed by atoms with Crippen molar-refractivity contribution in [3.05, 3.63) is 179 Å². The number of imide groups is 1. The van der Waals surface area contributed by atoms with Crippen molar-refractivity contribution in [3.8, 4) is 17.2 Å². The maximum absolute atomic E-state index is 15.3. The summed E-state index contributed by atoms with van der Waals surface area (Å²) in [6.45, 7) is 0. The Hall–Kier alpha value is -7.13. The number of carbonyl (C=O) groups is 5. The van der Waals surface area contributed by atoms with Crippen molar-refractivity contribution in [1.82, 2.24) is 0 Å². The predicted molar refractivity (Wildman–Crippen MR) is 226 cm³/mol. The minimum absolute atomic E-state index is 0.158. The van der Waals surface area contributed by atoms with Crippen LogP contribution in [0.2, 0.25) is 0 Å². The van der Waals surface area contributed by atoms with Gasteiger partial charge in [-0.3, -0.25) is 28.9 Å². The fourth-order valence-corrected chi connectivity index (χ4v) is 10.1. The highest BCUT2D eigenvalue weighted by molar-refractivity contribution is 6.31. The summed E-state index contributed by atoms with van der Waals surface area (Å²) < 4.78 is 10.9. The minimum Gasteiger partial charge on any atom is -0.502 e. The van der Waals surface area contributed by atoms with E-state index >= 15 is 9.59 Å². The summed E-state index contributed by atoms with van der Waals surface area (Å²) in [5.74, 6) is -4.75. The molecular formula is C51H41NO8. The van der Waals surface area contributed by atoms with Gasteiger partial charge in [-0.05, 0) is 77.9 Å². The molecule has 9 heteroatoms. The molecule has 0 unspecified atom stereocenters. The zero-order chi connectivity index (χ0) is 41.7. The van der Waals surface area contributed by atoms with Crippen LogP contribution < -0.4 is 14.4 Å². The molecule has 298 valence electrons. The van der Waals surface area contributed by atoms with Crippen molar-refractivity contribution >= 4 is 46.5 Å². The molecule has 0 radical (unpaired) electrons. The van der Waals surface area contributed by atoms with Crippen LogP contribution in [0.1, 0.15) is 45.5 Å². The molecule has 2 fully saturated rings. The number of aromatic hydroxyl groups is 1. The maximum atomic E-state index is 15.3. The van der Waals surface area contributed by atoms with E-state index in [1.54, 1.807) is 60.7 Å². The molecule has 60 heavy (non-hydrogen) atoms. The van der Waals surface area contributed by atoms with Crippen molar-refractivity contribution in [2.24, 2.45) is 29.6 Å². The second kappa shape index (κ2) is 15.2. The van der Waals surface area contributed by atoms with Crippen LogP contribution in [-0.2, 0) is 24.6 Å². The minimum atomic E-state index is -1.39. The molecule has 1 heterocycles. The van der Waals surface area contributed by atoms with Crippen LogP contribution in [0.25, 0.3) is 11.6 Å². The molecule has 5 aromatic carbocycles. The van der Waals surface area contributed by atoms with Crippen LogP contribution in [-0.4, -0.2) is 48.5 Å². The SMILES string of the molecule is COc1cc(C=C[C@H]2C3=CC[C@@H]4C(=O)N(c5ccc(C(=O)c6ccccc6)cc5)C(=O)[C@@H]4[C@@H]3C[C@H]3C(=O)C(c4ccccc4)=CC(=O)[C@@]23c2ccccc2)cc(OC)c1O. The van der Waals surface area contributed by atoms with E-state index in [0.717, 1.165) is 5.57 Å². The summed E-state index contributed by atoms with van der Waals surface area (Å²) in [6, 6.07) is 37.2. The molecule has 0 spiro atoms. The fraction of sp³-hybridized carbons (Fsp3) is 0.196. The van der Waals surface area contributed by atoms with Crippen molar-refractivity contribution in [3.63, 3.8) is 0 Å². The maximum Gasteiger partial charge on any atom is 0.238 e. The van der Waals surface area contributed by atoms with Crippen LogP contribution in [0, 0.1) is 29.6 Å². The molecule has 0 aromatic heterocycles. The summed E-state index contributed by atoms with van der Waals surface area (Å²) in [4.78, 5) is 74.0. The third kappa shape index (κ3) is 6.03. The number of ketones is 3. The number of benzene rings is 5. The van der Waals surface area contributed by atoms with E-state index in [0.29, 0.717) is 39.1 Å². The van der Waals surface area contributed by atoms with Crippen molar-refractivity contribution < 1.29 is 38.6 Å². The number of anilines is 1. The molecule has 4 aliphatic rings. The third-order valence-electron chi connectivity index (χ3n) is 12.8. The van der Waals surface area contributed by atoms with Gasteiger partial charge in [0.15, 0.2) is 28.8 Å². The molecule has 1 saturated heterocycles. The molecule has 6 atom stereocenters. The van der Waals surface area contributed by atoms with Crippen LogP contribution in [0.4, 0.5) is 5.69 Å². The first-order valence-electron chi connectivity index (χ1n) is 20.0. The topological polar surface area (TPSA) is 127 Å². The number of hydrogen-bond donors (Lipinski definition) is 1. The van der Waals surface area contributed by atoms with Crippen LogP contribution in [0.3, 0.4) is 0 Å². The number of hydrogen-bond acceptors (Lipinski definition) is 8. The number of allylic oxidation sites excluding steroid dienone is 5. The number of rotatable bonds is 9. The zero-order valence-corrected chi connectivity index (χ0v) is 33.0. The van der Waals surface area contributed by atoms with Gasteiger partial charge in [0.05, 0.1) is 37.2 Å². The van der Waals surface area contributed by atoms with Gasteiger partial charge in [-0.25, -0.2) is 0 Å². The van der Waals surface area contributed by atoms with E-state index in [-0.39, 0.29) is 59.3 Å². The Morgan fingerprint density at radius 2 is 1.35 bits per heavy atom. The van der Waals surface area contributed by atoms with Crippen molar-refractivity contribution in [2.45, 2.75) is 18.3 Å². The molecule has 1 aliphatic heterocycles. The first-order chi connectivity index (χ1) is 29.2. The lowest BCUT2D eigenvalue weighted by Gasteiger charge is -2.54. The predicted octanol–water partition coefficient (Wildman–Crippen LogP) is 8.22. The number of Topliss-reactive ketones (excluding diaryl/α,β-unsaturated/α-hetero) is 1. The average Bonchev–Trinajstić information content (AvgIpc) is 3.55. The second-order valence-corrected chi connectivity index (χ2v) is 15.7. The van der Waals surface area contributed by atoms with Gasteiger partial charge in [-0.15, -0.1) is 0 Å². The molecule has 0 bridgehead atoms. The lowest BCUT2D eigenvalue weighted by molar-refractivity contribution is -0.135. The Morgan fingerprint density at radius 3 is 1.98 bits per heavy atom. The molecule has 5 aromatic rings. The molecule has 9 rings (SSSR count). The van der Waals surface area contributed by atoms with E-state index in [9.17, 15) is 19.5 Å². The van der Waals surface area contributed by atoms with Crippen LogP contribution >= 0.6 is 0 Å². The summed E-state index contributed by atoms with van der Waals surface area (Å²) in [7, 11) is 2.88. The average molecular weight is 796 g/mol. The van der Waals surface area contributed by atoms with Crippen molar-refractivity contribution in [2.75, 3.05) is 19.1 Å². The summed E-state index contributed by atoms with van der Waals surface area (Å²) in [5, 5.41) is 10.7. The molecule has 3 aliphatic carbocycles. The quantitative estimate of drug-likeness (QED) is 0.0899. The van der Waals surface area contributed by atoms with E-state index in [2.05, 4.69) is 0 Å². The molecule has 9 nitrogen and oxygen atoms in total. The normalized spacial score (nSPS) is 24.6. The number of ether oxygens (including phenoxy) is 2. The second-order valence-electron chi connectivity index (χ2n) is 15.7. The fourth-order valence-electron chi connectivity index (χ4n) is 10.1. The number of phenolic OH excluding ortho intramolecular Hbond substituents is 1. The van der Waals surface area contributed by atoms with Crippen LogP contribution in [0.5, 0.6) is 17.2 Å². The first-order valence-corrected chi connectivity index (χ1v) is 20.0. The highest BCUT2D eigenvalue weighted by atomic mass is 16.5. The third-order valence-corrected chi connectivity index (χ3v) is 12.8. The standard InChI is InChI=1S/C51H41NO8/c1-59-42-26-30(27-43(60-2)48(42)56)18-25-40-36-23-24-37-45(50(58)52(49(37)57)35-21-19-33(20-22-35)46(54)32-14-8-4-9-15-32)39(36)28-41-47(55)38(31-12-6-3-7-13-31)29-44(53)51(40,41)34-16-10-5-11-17-34/h3-23,25-27,29,37,39-41,45,56H,24,28H2,1-2H3/t37-,39+,40-,41-,45-,51-/m0/s1. The van der Waals surface area contributed by atoms with Crippen LogP contribution in [0.15, 0.2) is 151 Å². The summed E-state index contributed by atoms with van der Waals surface area (Å²) in [5.41, 5.74) is 2.97. The summed E-state index contributed by atoms with van der Waals surface area (Å²) in [6.07, 6.45) is 7.66. The molecular weight excluding hydrogens is 755 g/mol. The van der Waals surface area contributed by atoms with Gasteiger partial charge >= 0.3 is 0 Å². The Morgan fingerprint density at radius 1 is 0.750 bits per heavy atom. The molecule has 1 saturated carbocycles. The van der Waals surface area contributed by atoms with Gasteiger partial charge in [0, 0.05) is 28.5 Å². The van der Waals surface area contributed by atoms with Gasteiger partial charge in [0.25, 0.3) is 0 Å². The molecule has 1 N–H and O–H groups in total. The number of fused-ring (bicyclic) bond motifs is 4. The number of phenols is 1. The lowest BCUT2D eigenvalue weighted by atomic mass is 9.45. The van der Waals surface area contributed by atoms with E-state index in [4.69, 9.17) is 9.47 Å². The molecule has 2 amide bonds. The van der Waals surface area contributed by atoms with Gasteiger partial charge in [-0.1, -0.05) is 115 Å². The highest BCUT2D eigenvalue weighted by Crippen LogP contribution is 2.61. The number of nitrogens with zero attached hydrogens (tertiary/aromatic N) is 1. The largest absolute Gasteiger partial charge is 0.502 e. The summed E-state index contributed by atoms with van der Waals surface area (Å²) >= 11 is 0. The number of methoxy groups -OCH3 is 2. The Labute approximate surface area is 347 Å². The van der Waals surface area contributed by atoms with E-state index < -0.39 is 35.0 Å². The zero-order valence-electron chi connectivity index (χ0n) is 33.0. The van der Waals surface area contributed by atoms with E-state index in [1.165, 1.54) is 25.2 Å². The monoisotopic (exact) mass is 795 g/mol. The number of amides is 2. The Bertz CT molecular complexity index is 2620. The Balaban J connectivity index is 1.17. The highest BCUT2D eigenvalue weighted by Gasteiger charge is 2.65. The first kappa shape index (κ1) is 38.4. The van der Waals surface area contributed by atoms with Crippen molar-refractivity contribution in [1.29, 1.82) is 0 Å². The number of carbonyl (C=O) groups excluding carboxylic acids is 5. The van der Waals surface area contributed by atoms with Gasteiger partial charge < -0.3 is 14.6 Å². The van der Waals surface area contributed by atoms with E-state index in [1.807, 2.05) is 85.0 Å². The van der Waals surface area contributed by atoms with Gasteiger partial charge in [0.1, 0.15) is 0 Å². The Kier molecular flexibility index (Phi) is 9.75. The van der Waals surface area contributed by atoms with Gasteiger partial charge in [0.2, 0.25) is 17.6 Å². The van der Waals surface area contributed by atoms with Gasteiger partial charge in [-0.2, -0.15) is 0 Å².